The topological polar surface area (TPSA) is 15.3 Å². The second-order valence-electron chi connectivity index (χ2n) is 6.03. The van der Waals surface area contributed by atoms with E-state index in [4.69, 9.17) is 0 Å². The number of likely N-dealkylation sites (N-methyl/N-ethyl adjacent to an activating group) is 1. The van der Waals surface area contributed by atoms with Gasteiger partial charge in [-0.3, -0.25) is 0 Å². The standard InChI is InChI=1S/C16H25F3N2/c1-12(2)9-14(21(3)4)11-20-10-13-7-5-6-8-15(13)16(17,18)19/h5-8,12,14,20H,9-11H2,1-4H3/t14-/m0/s1. The molecule has 2 nitrogen and oxygen atoms in total. The van der Waals surface area contributed by atoms with Gasteiger partial charge in [0, 0.05) is 19.1 Å². The lowest BCUT2D eigenvalue weighted by Crippen LogP contribution is -2.38. The van der Waals surface area contributed by atoms with Gasteiger partial charge in [0.2, 0.25) is 0 Å². The van der Waals surface area contributed by atoms with Crippen LogP contribution < -0.4 is 5.32 Å². The summed E-state index contributed by atoms with van der Waals surface area (Å²) in [4.78, 5) is 2.11. The first-order valence-corrected chi connectivity index (χ1v) is 7.24. The molecule has 1 N–H and O–H groups in total. The highest BCUT2D eigenvalue weighted by Gasteiger charge is 2.32. The van der Waals surface area contributed by atoms with Crippen LogP contribution in [0.15, 0.2) is 24.3 Å². The lowest BCUT2D eigenvalue weighted by molar-refractivity contribution is -0.138. The monoisotopic (exact) mass is 302 g/mol. The largest absolute Gasteiger partial charge is 0.416 e. The van der Waals surface area contributed by atoms with Crippen molar-refractivity contribution in [2.45, 2.75) is 39.0 Å². The fraction of sp³-hybridized carbons (Fsp3) is 0.625. The van der Waals surface area contributed by atoms with Gasteiger partial charge in [-0.2, -0.15) is 13.2 Å². The van der Waals surface area contributed by atoms with E-state index in [2.05, 4.69) is 24.1 Å². The molecule has 0 fully saturated rings. The number of halogens is 3. The Morgan fingerprint density at radius 3 is 2.29 bits per heavy atom. The quantitative estimate of drug-likeness (QED) is 0.825. The van der Waals surface area contributed by atoms with E-state index in [1.165, 1.54) is 12.1 Å². The minimum absolute atomic E-state index is 0.234. The van der Waals surface area contributed by atoms with Crippen LogP contribution in [-0.4, -0.2) is 31.6 Å². The molecule has 0 aliphatic carbocycles. The molecule has 0 aliphatic rings. The van der Waals surface area contributed by atoms with Crippen molar-refractivity contribution in [1.29, 1.82) is 0 Å². The van der Waals surface area contributed by atoms with Gasteiger partial charge in [0.25, 0.3) is 0 Å². The Kier molecular flexibility index (Phi) is 6.68. The molecule has 0 aliphatic heterocycles. The van der Waals surface area contributed by atoms with Crippen LogP contribution in [0.5, 0.6) is 0 Å². The van der Waals surface area contributed by atoms with Crippen molar-refractivity contribution in [3.05, 3.63) is 35.4 Å². The normalized spacial score (nSPS) is 14.0. The zero-order chi connectivity index (χ0) is 16.0. The van der Waals surface area contributed by atoms with Crippen molar-refractivity contribution in [3.8, 4) is 0 Å². The first-order valence-electron chi connectivity index (χ1n) is 7.24. The van der Waals surface area contributed by atoms with Gasteiger partial charge < -0.3 is 10.2 Å². The number of nitrogens with one attached hydrogen (secondary N) is 1. The van der Waals surface area contributed by atoms with Gasteiger partial charge in [-0.1, -0.05) is 32.0 Å². The van der Waals surface area contributed by atoms with Gasteiger partial charge in [-0.25, -0.2) is 0 Å². The Labute approximate surface area is 125 Å². The van der Waals surface area contributed by atoms with E-state index in [1.807, 2.05) is 14.1 Å². The molecule has 5 heteroatoms. The van der Waals surface area contributed by atoms with Crippen molar-refractivity contribution in [1.82, 2.24) is 10.2 Å². The van der Waals surface area contributed by atoms with Crippen LogP contribution in [0.1, 0.15) is 31.4 Å². The zero-order valence-electron chi connectivity index (χ0n) is 13.2. The molecule has 0 spiro atoms. The lowest BCUT2D eigenvalue weighted by Gasteiger charge is -2.26. The zero-order valence-corrected chi connectivity index (χ0v) is 13.2. The molecule has 0 bridgehead atoms. The summed E-state index contributed by atoms with van der Waals surface area (Å²) >= 11 is 0. The Morgan fingerprint density at radius 1 is 1.14 bits per heavy atom. The number of hydrogen-bond acceptors (Lipinski definition) is 2. The number of rotatable bonds is 7. The first-order chi connectivity index (χ1) is 9.71. The maximum Gasteiger partial charge on any atom is 0.416 e. The third kappa shape index (κ3) is 6.06. The Bertz CT molecular complexity index is 428. The molecule has 1 aromatic rings. The van der Waals surface area contributed by atoms with Crippen LogP contribution in [0.25, 0.3) is 0 Å². The summed E-state index contributed by atoms with van der Waals surface area (Å²) in [6, 6.07) is 6.05. The predicted molar refractivity (Wildman–Crippen MR) is 80.1 cm³/mol. The van der Waals surface area contributed by atoms with Gasteiger partial charge in [0.05, 0.1) is 5.56 Å². The van der Waals surface area contributed by atoms with Crippen molar-refractivity contribution < 1.29 is 13.2 Å². The van der Waals surface area contributed by atoms with E-state index in [1.54, 1.807) is 6.07 Å². The van der Waals surface area contributed by atoms with E-state index in [0.717, 1.165) is 12.5 Å². The molecule has 1 atom stereocenters. The third-order valence-electron chi connectivity index (χ3n) is 3.49. The van der Waals surface area contributed by atoms with Crippen LogP contribution >= 0.6 is 0 Å². The van der Waals surface area contributed by atoms with Crippen LogP contribution in [0.4, 0.5) is 13.2 Å². The highest BCUT2D eigenvalue weighted by Crippen LogP contribution is 2.31. The summed E-state index contributed by atoms with van der Waals surface area (Å²) in [6.45, 7) is 5.21. The number of alkyl halides is 3. The SMILES string of the molecule is CC(C)C[C@@H](CNCc1ccccc1C(F)(F)F)N(C)C. The number of nitrogens with zero attached hydrogens (tertiary/aromatic N) is 1. The average Bonchev–Trinajstić information content (AvgIpc) is 2.36. The molecule has 0 heterocycles. The highest BCUT2D eigenvalue weighted by molar-refractivity contribution is 5.29. The number of hydrogen-bond donors (Lipinski definition) is 1. The maximum atomic E-state index is 12.9. The molecule has 1 aromatic carbocycles. The van der Waals surface area contributed by atoms with Crippen molar-refractivity contribution in [2.75, 3.05) is 20.6 Å². The molecule has 21 heavy (non-hydrogen) atoms. The van der Waals surface area contributed by atoms with Gasteiger partial charge in [-0.05, 0) is 38.1 Å². The summed E-state index contributed by atoms with van der Waals surface area (Å²) in [5.41, 5.74) is -0.255. The summed E-state index contributed by atoms with van der Waals surface area (Å²) < 4.78 is 38.7. The van der Waals surface area contributed by atoms with E-state index < -0.39 is 11.7 Å². The van der Waals surface area contributed by atoms with Crippen LogP contribution in [0, 0.1) is 5.92 Å². The van der Waals surface area contributed by atoms with Gasteiger partial charge in [-0.15, -0.1) is 0 Å². The van der Waals surface area contributed by atoms with Gasteiger partial charge >= 0.3 is 6.18 Å². The van der Waals surface area contributed by atoms with Crippen LogP contribution in [0.2, 0.25) is 0 Å². The maximum absolute atomic E-state index is 12.9. The number of benzene rings is 1. The molecule has 0 radical (unpaired) electrons. The minimum Gasteiger partial charge on any atom is -0.311 e. The van der Waals surface area contributed by atoms with Crippen molar-refractivity contribution in [2.24, 2.45) is 5.92 Å². The Hall–Kier alpha value is -1.07. The van der Waals surface area contributed by atoms with E-state index in [9.17, 15) is 13.2 Å². The second-order valence-corrected chi connectivity index (χ2v) is 6.03. The van der Waals surface area contributed by atoms with Crippen molar-refractivity contribution in [3.63, 3.8) is 0 Å². The molecule has 1 rings (SSSR count). The molecule has 0 unspecified atom stereocenters. The van der Waals surface area contributed by atoms with Gasteiger partial charge in [0.1, 0.15) is 0 Å². The molecule has 120 valence electrons. The average molecular weight is 302 g/mol. The fourth-order valence-corrected chi connectivity index (χ4v) is 2.35. The Morgan fingerprint density at radius 2 is 1.76 bits per heavy atom. The first kappa shape index (κ1) is 18.0. The van der Waals surface area contributed by atoms with E-state index in [-0.39, 0.29) is 6.54 Å². The van der Waals surface area contributed by atoms with E-state index in [0.29, 0.717) is 24.1 Å². The molecular formula is C16H25F3N2. The molecule has 0 amide bonds. The molecule has 0 saturated carbocycles. The molecular weight excluding hydrogens is 277 g/mol. The summed E-state index contributed by atoms with van der Waals surface area (Å²) in [6.07, 6.45) is -3.28. The van der Waals surface area contributed by atoms with Crippen molar-refractivity contribution >= 4 is 0 Å². The van der Waals surface area contributed by atoms with Crippen LogP contribution in [-0.2, 0) is 12.7 Å². The second kappa shape index (κ2) is 7.80. The van der Waals surface area contributed by atoms with E-state index >= 15 is 0 Å². The predicted octanol–water partition coefficient (Wildman–Crippen LogP) is 3.77. The third-order valence-corrected chi connectivity index (χ3v) is 3.49. The summed E-state index contributed by atoms with van der Waals surface area (Å²) in [7, 11) is 4.00. The Balaban J connectivity index is 2.63. The summed E-state index contributed by atoms with van der Waals surface area (Å²) in [5.74, 6) is 0.557. The molecule has 0 aromatic heterocycles. The highest BCUT2D eigenvalue weighted by atomic mass is 19.4. The minimum atomic E-state index is -4.29. The van der Waals surface area contributed by atoms with Gasteiger partial charge in [0.15, 0.2) is 0 Å². The molecule has 0 saturated heterocycles. The van der Waals surface area contributed by atoms with Crippen LogP contribution in [0.3, 0.4) is 0 Å². The lowest BCUT2D eigenvalue weighted by atomic mass is 10.0. The summed E-state index contributed by atoms with van der Waals surface area (Å²) in [5, 5.41) is 3.16. The fourth-order valence-electron chi connectivity index (χ4n) is 2.35. The smallest absolute Gasteiger partial charge is 0.311 e.